The van der Waals surface area contributed by atoms with Gasteiger partial charge in [0, 0.05) is 37.9 Å². The number of rotatable bonds is 7. The highest BCUT2D eigenvalue weighted by molar-refractivity contribution is 5.87. The second-order valence-electron chi connectivity index (χ2n) is 9.05. The molecule has 1 amide bonds. The summed E-state index contributed by atoms with van der Waals surface area (Å²) in [4.78, 5) is 24.5. The van der Waals surface area contributed by atoms with Gasteiger partial charge in [-0.3, -0.25) is 4.79 Å². The molecule has 33 heavy (non-hydrogen) atoms. The standard InChI is InChI=1S/C27H33N5O/c1-19-18-28-27(31-25(19)32(2)3)30-23-16-14-22(15-17-23)29-26(33)24(20-10-6-4-7-11-20)21-12-8-5-9-13-21/h4-13,18,22-24H,14-17H2,1-3H3,(H,29,33)(H,28,30,31). The van der Waals surface area contributed by atoms with Crippen molar-refractivity contribution < 1.29 is 4.79 Å². The third-order valence-corrected chi connectivity index (χ3v) is 6.30. The van der Waals surface area contributed by atoms with Gasteiger partial charge in [0.15, 0.2) is 0 Å². The summed E-state index contributed by atoms with van der Waals surface area (Å²) in [5.74, 6) is 1.38. The Bertz CT molecular complexity index is 1010. The van der Waals surface area contributed by atoms with Crippen molar-refractivity contribution in [1.29, 1.82) is 0 Å². The predicted molar refractivity (Wildman–Crippen MR) is 134 cm³/mol. The van der Waals surface area contributed by atoms with Crippen molar-refractivity contribution in [2.75, 3.05) is 24.3 Å². The molecule has 1 aliphatic carbocycles. The van der Waals surface area contributed by atoms with Gasteiger partial charge in [-0.1, -0.05) is 60.7 Å². The number of carbonyl (C=O) groups excluding carboxylic acids is 1. The molecule has 3 aromatic rings. The number of aromatic nitrogens is 2. The van der Waals surface area contributed by atoms with Gasteiger partial charge in [0.25, 0.3) is 0 Å². The van der Waals surface area contributed by atoms with E-state index in [-0.39, 0.29) is 17.9 Å². The molecule has 2 N–H and O–H groups in total. The molecule has 0 aliphatic heterocycles. The first-order chi connectivity index (χ1) is 16.0. The van der Waals surface area contributed by atoms with Crippen LogP contribution in [0.5, 0.6) is 0 Å². The molecule has 0 spiro atoms. The molecule has 0 unspecified atom stereocenters. The van der Waals surface area contributed by atoms with Gasteiger partial charge in [-0.25, -0.2) is 4.98 Å². The molecule has 1 aliphatic rings. The first-order valence-corrected chi connectivity index (χ1v) is 11.7. The van der Waals surface area contributed by atoms with E-state index < -0.39 is 0 Å². The molecule has 2 aromatic carbocycles. The summed E-state index contributed by atoms with van der Waals surface area (Å²) >= 11 is 0. The van der Waals surface area contributed by atoms with Crippen LogP contribution in [0, 0.1) is 6.92 Å². The molecule has 0 saturated heterocycles. The molecule has 1 fully saturated rings. The van der Waals surface area contributed by atoms with Crippen LogP contribution in [0.4, 0.5) is 11.8 Å². The highest BCUT2D eigenvalue weighted by atomic mass is 16.1. The maximum Gasteiger partial charge on any atom is 0.232 e. The Morgan fingerprint density at radius 3 is 2.00 bits per heavy atom. The number of carbonyl (C=O) groups is 1. The number of nitrogens with one attached hydrogen (secondary N) is 2. The molecule has 6 heteroatoms. The quantitative estimate of drug-likeness (QED) is 0.562. The number of hydrogen-bond acceptors (Lipinski definition) is 5. The second kappa shape index (κ2) is 10.5. The van der Waals surface area contributed by atoms with Crippen molar-refractivity contribution in [3.63, 3.8) is 0 Å². The molecule has 0 radical (unpaired) electrons. The van der Waals surface area contributed by atoms with E-state index >= 15 is 0 Å². The van der Waals surface area contributed by atoms with Gasteiger partial charge < -0.3 is 15.5 Å². The number of benzene rings is 2. The van der Waals surface area contributed by atoms with Gasteiger partial charge in [-0.05, 0) is 43.7 Å². The summed E-state index contributed by atoms with van der Waals surface area (Å²) in [5, 5.41) is 6.82. The van der Waals surface area contributed by atoms with E-state index in [1.54, 1.807) is 0 Å². The minimum atomic E-state index is -0.298. The van der Waals surface area contributed by atoms with Crippen LogP contribution >= 0.6 is 0 Å². The van der Waals surface area contributed by atoms with Crippen LogP contribution in [0.1, 0.15) is 48.3 Å². The third-order valence-electron chi connectivity index (χ3n) is 6.30. The van der Waals surface area contributed by atoms with Gasteiger partial charge in [-0.15, -0.1) is 0 Å². The zero-order valence-electron chi connectivity index (χ0n) is 19.7. The largest absolute Gasteiger partial charge is 0.362 e. The van der Waals surface area contributed by atoms with Crippen LogP contribution in [-0.2, 0) is 4.79 Å². The van der Waals surface area contributed by atoms with E-state index in [0.717, 1.165) is 48.2 Å². The van der Waals surface area contributed by atoms with E-state index in [4.69, 9.17) is 0 Å². The van der Waals surface area contributed by atoms with Crippen LogP contribution in [0.15, 0.2) is 66.9 Å². The first kappa shape index (κ1) is 22.8. The van der Waals surface area contributed by atoms with Gasteiger partial charge in [0.1, 0.15) is 5.82 Å². The van der Waals surface area contributed by atoms with E-state index in [0.29, 0.717) is 12.0 Å². The third kappa shape index (κ3) is 5.69. The fourth-order valence-electron chi connectivity index (χ4n) is 4.59. The first-order valence-electron chi connectivity index (χ1n) is 11.7. The Morgan fingerprint density at radius 2 is 1.45 bits per heavy atom. The summed E-state index contributed by atoms with van der Waals surface area (Å²) in [7, 11) is 3.98. The summed E-state index contributed by atoms with van der Waals surface area (Å²) in [5.41, 5.74) is 3.10. The average Bonchev–Trinajstić information content (AvgIpc) is 2.83. The normalized spacial score (nSPS) is 18.1. The lowest BCUT2D eigenvalue weighted by Gasteiger charge is -2.31. The molecule has 6 nitrogen and oxygen atoms in total. The Morgan fingerprint density at radius 1 is 0.909 bits per heavy atom. The minimum Gasteiger partial charge on any atom is -0.362 e. The predicted octanol–water partition coefficient (Wildman–Crippen LogP) is 4.52. The van der Waals surface area contributed by atoms with Crippen LogP contribution < -0.4 is 15.5 Å². The van der Waals surface area contributed by atoms with Crippen molar-refractivity contribution in [1.82, 2.24) is 15.3 Å². The monoisotopic (exact) mass is 443 g/mol. The molecule has 0 atom stereocenters. The maximum absolute atomic E-state index is 13.4. The maximum atomic E-state index is 13.4. The topological polar surface area (TPSA) is 70.1 Å². The van der Waals surface area contributed by atoms with E-state index in [1.165, 1.54) is 0 Å². The number of hydrogen-bond donors (Lipinski definition) is 2. The molecule has 4 rings (SSSR count). The Hall–Kier alpha value is -3.41. The van der Waals surface area contributed by atoms with Crippen LogP contribution in [0.2, 0.25) is 0 Å². The molecule has 0 bridgehead atoms. The number of aryl methyl sites for hydroxylation is 1. The van der Waals surface area contributed by atoms with Crippen molar-refractivity contribution in [2.45, 2.75) is 50.6 Å². The van der Waals surface area contributed by atoms with Crippen molar-refractivity contribution >= 4 is 17.7 Å². The highest BCUT2D eigenvalue weighted by Gasteiger charge is 2.28. The smallest absolute Gasteiger partial charge is 0.232 e. The SMILES string of the molecule is Cc1cnc(NC2CCC(NC(=O)C(c3ccccc3)c3ccccc3)CC2)nc1N(C)C. The summed E-state index contributed by atoms with van der Waals surface area (Å²) in [6, 6.07) is 20.5. The second-order valence-corrected chi connectivity index (χ2v) is 9.05. The lowest BCUT2D eigenvalue weighted by molar-refractivity contribution is -0.122. The summed E-state index contributed by atoms with van der Waals surface area (Å²) in [6.07, 6.45) is 5.68. The lowest BCUT2D eigenvalue weighted by Crippen LogP contribution is -2.42. The molecule has 1 heterocycles. The highest BCUT2D eigenvalue weighted by Crippen LogP contribution is 2.27. The van der Waals surface area contributed by atoms with Crippen molar-refractivity contribution in [3.8, 4) is 0 Å². The molecular weight excluding hydrogens is 410 g/mol. The summed E-state index contributed by atoms with van der Waals surface area (Å²) < 4.78 is 0. The van der Waals surface area contributed by atoms with Gasteiger partial charge >= 0.3 is 0 Å². The number of nitrogens with zero attached hydrogens (tertiary/aromatic N) is 3. The Labute approximate surface area is 196 Å². The fourth-order valence-corrected chi connectivity index (χ4v) is 4.59. The number of amides is 1. The van der Waals surface area contributed by atoms with Gasteiger partial charge in [0.05, 0.1) is 5.92 Å². The van der Waals surface area contributed by atoms with Crippen molar-refractivity contribution in [3.05, 3.63) is 83.6 Å². The minimum absolute atomic E-state index is 0.0706. The Balaban J connectivity index is 1.37. The lowest BCUT2D eigenvalue weighted by atomic mass is 9.88. The molecule has 1 saturated carbocycles. The Kier molecular flexibility index (Phi) is 7.23. The molecule has 172 valence electrons. The average molecular weight is 444 g/mol. The molecule has 1 aromatic heterocycles. The fraction of sp³-hybridized carbons (Fsp3) is 0.370. The van der Waals surface area contributed by atoms with Crippen LogP contribution in [0.25, 0.3) is 0 Å². The van der Waals surface area contributed by atoms with Crippen LogP contribution in [0.3, 0.4) is 0 Å². The van der Waals surface area contributed by atoms with E-state index in [1.807, 2.05) is 92.8 Å². The number of anilines is 2. The van der Waals surface area contributed by atoms with Gasteiger partial charge in [0.2, 0.25) is 11.9 Å². The molecular formula is C27H33N5O. The summed E-state index contributed by atoms with van der Waals surface area (Å²) in [6.45, 7) is 2.02. The zero-order valence-corrected chi connectivity index (χ0v) is 19.7. The van der Waals surface area contributed by atoms with Gasteiger partial charge in [-0.2, -0.15) is 4.98 Å². The van der Waals surface area contributed by atoms with Crippen molar-refractivity contribution in [2.24, 2.45) is 0 Å². The van der Waals surface area contributed by atoms with E-state index in [9.17, 15) is 4.79 Å². The zero-order chi connectivity index (χ0) is 23.2. The van der Waals surface area contributed by atoms with Crippen LogP contribution in [-0.4, -0.2) is 42.1 Å². The van der Waals surface area contributed by atoms with E-state index in [2.05, 4.69) is 20.6 Å².